The van der Waals surface area contributed by atoms with Crippen molar-refractivity contribution in [1.82, 2.24) is 14.5 Å². The molecule has 2 rings (SSSR count). The number of carbonyl (C=O) groups is 2. The number of nitrogens with zero attached hydrogens (tertiary/aromatic N) is 2. The molecule has 0 bridgehead atoms. The standard InChI is InChI=1S/C19H27N3O4/c1-4-11-21-14-8-6-7-9-15(14)22(19(21)26)12-10-16(23)20-17(18(24)25)13(3)5-2/h6-9,13,17H,4-5,10-12H2,1-3H3,(H,20,23)(H,24,25)/t13-,17-/m0/s1. The molecular weight excluding hydrogens is 334 g/mol. The fourth-order valence-corrected chi connectivity index (χ4v) is 3.07. The van der Waals surface area contributed by atoms with E-state index in [4.69, 9.17) is 0 Å². The average molecular weight is 361 g/mol. The zero-order valence-electron chi connectivity index (χ0n) is 15.6. The molecule has 0 aliphatic rings. The maximum absolute atomic E-state index is 12.7. The van der Waals surface area contributed by atoms with Gasteiger partial charge in [0, 0.05) is 19.5 Å². The normalized spacial score (nSPS) is 13.5. The van der Waals surface area contributed by atoms with E-state index in [1.165, 1.54) is 0 Å². The van der Waals surface area contributed by atoms with Crippen LogP contribution in [0.3, 0.4) is 0 Å². The first kappa shape index (κ1) is 19.8. The third-order valence-corrected chi connectivity index (χ3v) is 4.73. The Morgan fingerprint density at radius 3 is 2.19 bits per heavy atom. The Morgan fingerprint density at radius 2 is 1.69 bits per heavy atom. The highest BCUT2D eigenvalue weighted by Crippen LogP contribution is 2.14. The summed E-state index contributed by atoms with van der Waals surface area (Å²) < 4.78 is 3.30. The molecule has 7 nitrogen and oxygen atoms in total. The Labute approximate surface area is 152 Å². The number of amides is 1. The summed E-state index contributed by atoms with van der Waals surface area (Å²) in [6, 6.07) is 6.59. The Bertz CT molecular complexity index is 837. The highest BCUT2D eigenvalue weighted by molar-refractivity contribution is 5.84. The molecule has 7 heteroatoms. The van der Waals surface area contributed by atoms with Crippen molar-refractivity contribution in [3.8, 4) is 0 Å². The minimum absolute atomic E-state index is 0.0558. The van der Waals surface area contributed by atoms with Crippen molar-refractivity contribution in [3.05, 3.63) is 34.7 Å². The lowest BCUT2D eigenvalue weighted by molar-refractivity contribution is -0.143. The number of hydrogen-bond acceptors (Lipinski definition) is 3. The Morgan fingerprint density at radius 1 is 1.12 bits per heavy atom. The van der Waals surface area contributed by atoms with Crippen molar-refractivity contribution >= 4 is 22.9 Å². The lowest BCUT2D eigenvalue weighted by Crippen LogP contribution is -2.45. The van der Waals surface area contributed by atoms with Gasteiger partial charge < -0.3 is 10.4 Å². The summed E-state index contributed by atoms with van der Waals surface area (Å²) in [5, 5.41) is 11.9. The molecule has 0 aliphatic heterocycles. The minimum Gasteiger partial charge on any atom is -0.480 e. The zero-order valence-corrected chi connectivity index (χ0v) is 15.6. The number of aromatic nitrogens is 2. The molecule has 142 valence electrons. The predicted molar refractivity (Wildman–Crippen MR) is 100 cm³/mol. The van der Waals surface area contributed by atoms with Gasteiger partial charge in [0.15, 0.2) is 0 Å². The van der Waals surface area contributed by atoms with Gasteiger partial charge in [-0.2, -0.15) is 0 Å². The number of carbonyl (C=O) groups excluding carboxylic acids is 1. The first-order valence-electron chi connectivity index (χ1n) is 9.10. The first-order valence-corrected chi connectivity index (χ1v) is 9.10. The number of nitrogens with one attached hydrogen (secondary N) is 1. The molecule has 0 saturated carbocycles. The quantitative estimate of drug-likeness (QED) is 0.716. The van der Waals surface area contributed by atoms with Gasteiger partial charge >= 0.3 is 11.7 Å². The third-order valence-electron chi connectivity index (χ3n) is 4.73. The number of aliphatic carboxylic acids is 1. The molecule has 0 aliphatic carbocycles. The lowest BCUT2D eigenvalue weighted by Gasteiger charge is -2.20. The number of carboxylic acid groups (broad SMARTS) is 1. The number of para-hydroxylation sites is 2. The number of rotatable bonds is 9. The molecule has 0 spiro atoms. The Balaban J connectivity index is 2.17. The molecule has 0 fully saturated rings. The van der Waals surface area contributed by atoms with E-state index in [1.54, 1.807) is 16.1 Å². The van der Waals surface area contributed by atoms with Gasteiger partial charge in [-0.3, -0.25) is 13.9 Å². The van der Waals surface area contributed by atoms with Gasteiger partial charge in [-0.1, -0.05) is 39.3 Å². The van der Waals surface area contributed by atoms with Gasteiger partial charge in [-0.25, -0.2) is 9.59 Å². The lowest BCUT2D eigenvalue weighted by atomic mass is 9.99. The predicted octanol–water partition coefficient (Wildman–Crippen LogP) is 2.22. The Kier molecular flexibility index (Phi) is 6.60. The average Bonchev–Trinajstić information content (AvgIpc) is 2.89. The molecule has 1 heterocycles. The van der Waals surface area contributed by atoms with Crippen LogP contribution >= 0.6 is 0 Å². The van der Waals surface area contributed by atoms with E-state index in [1.807, 2.05) is 38.1 Å². The van der Waals surface area contributed by atoms with E-state index < -0.39 is 12.0 Å². The van der Waals surface area contributed by atoms with Crippen LogP contribution in [0.4, 0.5) is 0 Å². The topological polar surface area (TPSA) is 93.3 Å². The molecule has 1 amide bonds. The van der Waals surface area contributed by atoms with E-state index in [0.29, 0.717) is 13.0 Å². The summed E-state index contributed by atoms with van der Waals surface area (Å²) in [5.41, 5.74) is 1.50. The highest BCUT2D eigenvalue weighted by Gasteiger charge is 2.25. The summed E-state index contributed by atoms with van der Waals surface area (Å²) >= 11 is 0. The highest BCUT2D eigenvalue weighted by atomic mass is 16.4. The number of hydrogen-bond donors (Lipinski definition) is 2. The second-order valence-corrected chi connectivity index (χ2v) is 6.59. The van der Waals surface area contributed by atoms with Crippen LogP contribution in [0, 0.1) is 5.92 Å². The molecule has 1 aromatic carbocycles. The summed E-state index contributed by atoms with van der Waals surface area (Å²) in [6.45, 7) is 6.52. The second-order valence-electron chi connectivity index (χ2n) is 6.59. The summed E-state index contributed by atoms with van der Waals surface area (Å²) in [5.74, 6) is -1.56. The van der Waals surface area contributed by atoms with Crippen molar-refractivity contribution in [2.75, 3.05) is 0 Å². The maximum atomic E-state index is 12.7. The van der Waals surface area contributed by atoms with Crippen LogP contribution in [0.1, 0.15) is 40.0 Å². The zero-order chi connectivity index (χ0) is 19.3. The molecular formula is C19H27N3O4. The van der Waals surface area contributed by atoms with Crippen LogP contribution in [-0.4, -0.2) is 32.2 Å². The van der Waals surface area contributed by atoms with Crippen LogP contribution in [0.5, 0.6) is 0 Å². The number of imidazole rings is 1. The van der Waals surface area contributed by atoms with E-state index in [0.717, 1.165) is 17.5 Å². The van der Waals surface area contributed by atoms with Crippen molar-refractivity contribution in [2.45, 2.75) is 59.2 Å². The van der Waals surface area contributed by atoms with Crippen molar-refractivity contribution in [3.63, 3.8) is 0 Å². The number of carboxylic acids is 1. The fourth-order valence-electron chi connectivity index (χ4n) is 3.07. The molecule has 0 unspecified atom stereocenters. The van der Waals surface area contributed by atoms with E-state index in [9.17, 15) is 19.5 Å². The fraction of sp³-hybridized carbons (Fsp3) is 0.526. The number of aryl methyl sites for hydroxylation is 2. The molecule has 2 N–H and O–H groups in total. The van der Waals surface area contributed by atoms with Crippen LogP contribution < -0.4 is 11.0 Å². The van der Waals surface area contributed by atoms with Crippen LogP contribution in [0.15, 0.2) is 29.1 Å². The molecule has 1 aromatic heterocycles. The molecule has 2 aromatic rings. The van der Waals surface area contributed by atoms with E-state index in [2.05, 4.69) is 5.32 Å². The number of fused-ring (bicyclic) bond motifs is 1. The number of benzene rings is 1. The van der Waals surface area contributed by atoms with Crippen LogP contribution in [0.2, 0.25) is 0 Å². The Hall–Kier alpha value is -2.57. The van der Waals surface area contributed by atoms with Gasteiger partial charge in [0.25, 0.3) is 0 Å². The van der Waals surface area contributed by atoms with Gasteiger partial charge in [-0.15, -0.1) is 0 Å². The minimum atomic E-state index is -1.04. The van der Waals surface area contributed by atoms with Gasteiger partial charge in [0.1, 0.15) is 6.04 Å². The second kappa shape index (κ2) is 8.69. The van der Waals surface area contributed by atoms with Gasteiger partial charge in [0.2, 0.25) is 5.91 Å². The smallest absolute Gasteiger partial charge is 0.329 e. The SMILES string of the molecule is CCCn1c(=O)n(CCC(=O)N[C@H](C(=O)O)[C@@H](C)CC)c2ccccc21. The van der Waals surface area contributed by atoms with Crippen LogP contribution in [0.25, 0.3) is 11.0 Å². The third kappa shape index (κ3) is 4.15. The van der Waals surface area contributed by atoms with Crippen molar-refractivity contribution < 1.29 is 14.7 Å². The van der Waals surface area contributed by atoms with Gasteiger partial charge in [-0.05, 0) is 24.5 Å². The molecule has 26 heavy (non-hydrogen) atoms. The maximum Gasteiger partial charge on any atom is 0.329 e. The van der Waals surface area contributed by atoms with Gasteiger partial charge in [0.05, 0.1) is 11.0 Å². The summed E-state index contributed by atoms with van der Waals surface area (Å²) in [6.07, 6.45) is 1.55. The molecule has 0 radical (unpaired) electrons. The van der Waals surface area contributed by atoms with Crippen molar-refractivity contribution in [1.29, 1.82) is 0 Å². The van der Waals surface area contributed by atoms with E-state index >= 15 is 0 Å². The first-order chi connectivity index (χ1) is 12.4. The molecule has 0 saturated heterocycles. The van der Waals surface area contributed by atoms with E-state index in [-0.39, 0.29) is 30.5 Å². The monoisotopic (exact) mass is 361 g/mol. The molecule has 2 atom stereocenters. The largest absolute Gasteiger partial charge is 0.480 e. The van der Waals surface area contributed by atoms with Crippen LogP contribution in [-0.2, 0) is 22.7 Å². The summed E-state index contributed by atoms with van der Waals surface area (Å²) in [7, 11) is 0. The summed E-state index contributed by atoms with van der Waals surface area (Å²) in [4.78, 5) is 36.3. The van der Waals surface area contributed by atoms with Crippen molar-refractivity contribution in [2.24, 2.45) is 5.92 Å².